The zero-order chi connectivity index (χ0) is 14.6. The molecule has 1 aromatic rings. The van der Waals surface area contributed by atoms with Crippen LogP contribution in [-0.2, 0) is 14.8 Å². The summed E-state index contributed by atoms with van der Waals surface area (Å²) in [5.74, 6) is -0.354. The number of carbonyl (C=O) groups excluding carboxylic acids is 1. The van der Waals surface area contributed by atoms with Gasteiger partial charge in [0.2, 0.25) is 15.9 Å². The van der Waals surface area contributed by atoms with E-state index in [9.17, 15) is 13.2 Å². The minimum Gasteiger partial charge on any atom is -0.323 e. The van der Waals surface area contributed by atoms with E-state index in [1.807, 2.05) is 13.8 Å². The molecule has 0 aliphatic rings. The number of nitrogens with two attached hydrogens (primary N) is 1. The molecular formula is C12H19N3O3S. The highest BCUT2D eigenvalue weighted by atomic mass is 32.2. The van der Waals surface area contributed by atoms with E-state index in [-0.39, 0.29) is 11.8 Å². The molecule has 0 aliphatic heterocycles. The van der Waals surface area contributed by atoms with Crippen LogP contribution >= 0.6 is 0 Å². The average Bonchev–Trinajstić information content (AvgIpc) is 2.28. The summed E-state index contributed by atoms with van der Waals surface area (Å²) in [5, 5.41) is 2.62. The smallest absolute Gasteiger partial charge is 0.241 e. The molecule has 0 saturated carbocycles. The molecule has 0 aromatic heterocycles. The molecule has 4 N–H and O–H groups in total. The van der Waals surface area contributed by atoms with Crippen molar-refractivity contribution in [3.05, 3.63) is 24.3 Å². The lowest BCUT2D eigenvalue weighted by Crippen LogP contribution is -2.39. The van der Waals surface area contributed by atoms with E-state index in [0.717, 1.165) is 6.26 Å². The zero-order valence-corrected chi connectivity index (χ0v) is 12.0. The van der Waals surface area contributed by atoms with Crippen LogP contribution in [0.3, 0.4) is 0 Å². The van der Waals surface area contributed by atoms with Crippen molar-refractivity contribution in [3.8, 4) is 0 Å². The van der Waals surface area contributed by atoms with Crippen molar-refractivity contribution in [1.29, 1.82) is 0 Å². The predicted octanol–water partition coefficient (Wildman–Crippen LogP) is 0.980. The van der Waals surface area contributed by atoms with Gasteiger partial charge < -0.3 is 11.1 Å². The number of anilines is 2. The van der Waals surface area contributed by atoms with Gasteiger partial charge in [-0.15, -0.1) is 0 Å². The molecule has 0 bridgehead atoms. The summed E-state index contributed by atoms with van der Waals surface area (Å²) >= 11 is 0. The van der Waals surface area contributed by atoms with Crippen LogP contribution in [0.2, 0.25) is 0 Å². The van der Waals surface area contributed by atoms with Crippen LogP contribution in [-0.4, -0.2) is 26.6 Å². The molecule has 0 spiro atoms. The van der Waals surface area contributed by atoms with Crippen molar-refractivity contribution >= 4 is 27.3 Å². The second kappa shape index (κ2) is 6.03. The Kier molecular flexibility index (Phi) is 4.90. The Morgan fingerprint density at radius 2 is 1.74 bits per heavy atom. The Morgan fingerprint density at radius 3 is 2.21 bits per heavy atom. The SMILES string of the molecule is CC(C)[C@H](N)C(=O)Nc1ccccc1NS(C)(=O)=O. The van der Waals surface area contributed by atoms with Gasteiger partial charge in [0.25, 0.3) is 0 Å². The van der Waals surface area contributed by atoms with Gasteiger partial charge in [0.05, 0.1) is 23.7 Å². The zero-order valence-electron chi connectivity index (χ0n) is 11.2. The maximum Gasteiger partial charge on any atom is 0.241 e. The Morgan fingerprint density at radius 1 is 1.21 bits per heavy atom. The number of rotatable bonds is 5. The lowest BCUT2D eigenvalue weighted by Gasteiger charge is -2.17. The van der Waals surface area contributed by atoms with Crippen molar-refractivity contribution in [1.82, 2.24) is 0 Å². The van der Waals surface area contributed by atoms with E-state index in [4.69, 9.17) is 5.73 Å². The van der Waals surface area contributed by atoms with Crippen molar-refractivity contribution in [2.24, 2.45) is 11.7 Å². The number of hydrogen-bond acceptors (Lipinski definition) is 4. The lowest BCUT2D eigenvalue weighted by molar-refractivity contribution is -0.118. The predicted molar refractivity (Wildman–Crippen MR) is 76.4 cm³/mol. The molecule has 0 unspecified atom stereocenters. The summed E-state index contributed by atoms with van der Waals surface area (Å²) in [6, 6.07) is 5.90. The molecule has 0 radical (unpaired) electrons. The monoisotopic (exact) mass is 285 g/mol. The molecule has 1 aromatic carbocycles. The normalized spacial score (nSPS) is 13.1. The molecule has 1 rings (SSSR count). The van der Waals surface area contributed by atoms with Gasteiger partial charge in [0.15, 0.2) is 0 Å². The van der Waals surface area contributed by atoms with Gasteiger partial charge >= 0.3 is 0 Å². The fourth-order valence-corrected chi connectivity index (χ4v) is 1.98. The van der Waals surface area contributed by atoms with Gasteiger partial charge in [-0.2, -0.15) is 0 Å². The first kappa shape index (κ1) is 15.5. The highest BCUT2D eigenvalue weighted by Gasteiger charge is 2.18. The lowest BCUT2D eigenvalue weighted by atomic mass is 10.0. The minimum absolute atomic E-state index is 0.00460. The number of sulfonamides is 1. The molecule has 7 heteroatoms. The van der Waals surface area contributed by atoms with E-state index < -0.39 is 16.1 Å². The second-order valence-electron chi connectivity index (χ2n) is 4.68. The summed E-state index contributed by atoms with van der Waals surface area (Å²) < 4.78 is 24.8. The highest BCUT2D eigenvalue weighted by Crippen LogP contribution is 2.22. The third-order valence-electron chi connectivity index (χ3n) is 2.50. The topological polar surface area (TPSA) is 101 Å². The maximum atomic E-state index is 11.9. The molecule has 0 heterocycles. The van der Waals surface area contributed by atoms with Crippen LogP contribution in [0, 0.1) is 5.92 Å². The summed E-state index contributed by atoms with van der Waals surface area (Å²) in [6.07, 6.45) is 1.05. The summed E-state index contributed by atoms with van der Waals surface area (Å²) in [4.78, 5) is 11.9. The molecule has 6 nitrogen and oxygen atoms in total. The Hall–Kier alpha value is -1.60. The van der Waals surface area contributed by atoms with E-state index in [1.54, 1.807) is 24.3 Å². The molecule has 19 heavy (non-hydrogen) atoms. The van der Waals surface area contributed by atoms with Crippen molar-refractivity contribution < 1.29 is 13.2 Å². The molecule has 1 amide bonds. The number of benzene rings is 1. The number of para-hydroxylation sites is 2. The first-order valence-electron chi connectivity index (χ1n) is 5.84. The number of carbonyl (C=O) groups is 1. The van der Waals surface area contributed by atoms with E-state index in [0.29, 0.717) is 11.4 Å². The van der Waals surface area contributed by atoms with E-state index >= 15 is 0 Å². The summed E-state index contributed by atoms with van der Waals surface area (Å²) in [7, 11) is -3.40. The van der Waals surface area contributed by atoms with Gasteiger partial charge in [-0.05, 0) is 18.1 Å². The van der Waals surface area contributed by atoms with Crippen LogP contribution in [0.5, 0.6) is 0 Å². The molecule has 0 saturated heterocycles. The van der Waals surface area contributed by atoms with Crippen LogP contribution in [0.25, 0.3) is 0 Å². The largest absolute Gasteiger partial charge is 0.323 e. The Balaban J connectivity index is 2.93. The fourth-order valence-electron chi connectivity index (χ4n) is 1.40. The van der Waals surface area contributed by atoms with Gasteiger partial charge in [0.1, 0.15) is 0 Å². The second-order valence-corrected chi connectivity index (χ2v) is 6.43. The molecule has 1 atom stereocenters. The number of nitrogens with one attached hydrogen (secondary N) is 2. The van der Waals surface area contributed by atoms with Crippen molar-refractivity contribution in [3.63, 3.8) is 0 Å². The minimum atomic E-state index is -3.40. The maximum absolute atomic E-state index is 11.9. The van der Waals surface area contributed by atoms with Crippen LogP contribution < -0.4 is 15.8 Å². The standard InChI is InChI=1S/C12H19N3O3S/c1-8(2)11(13)12(16)14-9-6-4-5-7-10(9)15-19(3,17)18/h4-8,11,15H,13H2,1-3H3,(H,14,16)/t11-/m0/s1. The van der Waals surface area contributed by atoms with Gasteiger partial charge in [0, 0.05) is 0 Å². The highest BCUT2D eigenvalue weighted by molar-refractivity contribution is 7.92. The third kappa shape index (κ3) is 4.88. The quantitative estimate of drug-likeness (QED) is 0.750. The fraction of sp³-hybridized carbons (Fsp3) is 0.417. The first-order valence-corrected chi connectivity index (χ1v) is 7.73. The Bertz CT molecular complexity index is 555. The van der Waals surface area contributed by atoms with Gasteiger partial charge in [-0.25, -0.2) is 8.42 Å². The van der Waals surface area contributed by atoms with Crippen LogP contribution in [0.15, 0.2) is 24.3 Å². The van der Waals surface area contributed by atoms with Crippen LogP contribution in [0.4, 0.5) is 11.4 Å². The van der Waals surface area contributed by atoms with Crippen molar-refractivity contribution in [2.75, 3.05) is 16.3 Å². The third-order valence-corrected chi connectivity index (χ3v) is 3.09. The van der Waals surface area contributed by atoms with Gasteiger partial charge in [-0.3, -0.25) is 9.52 Å². The van der Waals surface area contributed by atoms with Crippen molar-refractivity contribution in [2.45, 2.75) is 19.9 Å². The molecule has 0 fully saturated rings. The van der Waals surface area contributed by atoms with E-state index in [2.05, 4.69) is 10.0 Å². The number of amides is 1. The van der Waals surface area contributed by atoms with E-state index in [1.165, 1.54) is 0 Å². The first-order chi connectivity index (χ1) is 8.70. The van der Waals surface area contributed by atoms with Gasteiger partial charge in [-0.1, -0.05) is 26.0 Å². The summed E-state index contributed by atoms with van der Waals surface area (Å²) in [5.41, 5.74) is 6.43. The molecular weight excluding hydrogens is 266 g/mol. The average molecular weight is 285 g/mol. The molecule has 106 valence electrons. The van der Waals surface area contributed by atoms with Crippen LogP contribution in [0.1, 0.15) is 13.8 Å². The Labute approximate surface area is 113 Å². The molecule has 0 aliphatic carbocycles. The number of hydrogen-bond donors (Lipinski definition) is 3. The summed E-state index contributed by atoms with van der Waals surface area (Å²) in [6.45, 7) is 3.68.